The summed E-state index contributed by atoms with van der Waals surface area (Å²) in [5.41, 5.74) is -0.775. The van der Waals surface area contributed by atoms with Crippen LogP contribution in [-0.4, -0.2) is 45.8 Å². The van der Waals surface area contributed by atoms with Crippen LogP contribution < -0.4 is 0 Å². The van der Waals surface area contributed by atoms with Gasteiger partial charge >= 0.3 is 5.97 Å². The molecule has 0 radical (unpaired) electrons. The van der Waals surface area contributed by atoms with Gasteiger partial charge in [0.15, 0.2) is 0 Å². The number of rotatable bonds is 4. The SMILES string of the molecule is CC(C)N1CCC(O)(CCC(=O)O)C1. The Kier molecular flexibility index (Phi) is 3.50. The number of aliphatic carboxylic acids is 1. The first kappa shape index (κ1) is 11.5. The van der Waals surface area contributed by atoms with Crippen molar-refractivity contribution in [3.05, 3.63) is 0 Å². The van der Waals surface area contributed by atoms with Crippen LogP contribution in [0.4, 0.5) is 0 Å². The topological polar surface area (TPSA) is 60.8 Å². The van der Waals surface area contributed by atoms with E-state index in [-0.39, 0.29) is 6.42 Å². The number of β-amino-alcohol motifs (C(OH)–C–C–N with tert-alkyl or cyclic N) is 1. The zero-order chi connectivity index (χ0) is 10.8. The van der Waals surface area contributed by atoms with E-state index in [1.54, 1.807) is 0 Å². The van der Waals surface area contributed by atoms with Crippen LogP contribution in [0.1, 0.15) is 33.1 Å². The minimum absolute atomic E-state index is 0.0580. The highest BCUT2D eigenvalue weighted by Gasteiger charge is 2.36. The largest absolute Gasteiger partial charge is 0.481 e. The summed E-state index contributed by atoms with van der Waals surface area (Å²) in [6.07, 6.45) is 1.12. The first-order valence-corrected chi connectivity index (χ1v) is 5.11. The Morgan fingerprint density at radius 1 is 1.57 bits per heavy atom. The van der Waals surface area contributed by atoms with E-state index >= 15 is 0 Å². The molecule has 0 bridgehead atoms. The van der Waals surface area contributed by atoms with Crippen molar-refractivity contribution in [1.82, 2.24) is 4.90 Å². The van der Waals surface area contributed by atoms with Crippen LogP contribution in [-0.2, 0) is 4.79 Å². The zero-order valence-corrected chi connectivity index (χ0v) is 8.86. The monoisotopic (exact) mass is 201 g/mol. The van der Waals surface area contributed by atoms with Gasteiger partial charge in [-0.3, -0.25) is 9.69 Å². The molecule has 14 heavy (non-hydrogen) atoms. The van der Waals surface area contributed by atoms with Crippen molar-refractivity contribution in [2.45, 2.75) is 44.8 Å². The lowest BCUT2D eigenvalue weighted by molar-refractivity contribution is -0.138. The molecule has 0 amide bonds. The molecular formula is C10H19NO3. The number of carboxylic acid groups (broad SMARTS) is 1. The van der Waals surface area contributed by atoms with Crippen LogP contribution in [0.25, 0.3) is 0 Å². The Morgan fingerprint density at radius 2 is 2.21 bits per heavy atom. The van der Waals surface area contributed by atoms with Crippen molar-refractivity contribution >= 4 is 5.97 Å². The van der Waals surface area contributed by atoms with Crippen LogP contribution in [0, 0.1) is 0 Å². The molecule has 4 heteroatoms. The third kappa shape index (κ3) is 2.96. The summed E-state index contributed by atoms with van der Waals surface area (Å²) in [7, 11) is 0. The van der Waals surface area contributed by atoms with Gasteiger partial charge in [0, 0.05) is 25.6 Å². The predicted molar refractivity (Wildman–Crippen MR) is 53.1 cm³/mol. The molecule has 1 aliphatic rings. The van der Waals surface area contributed by atoms with Crippen molar-refractivity contribution in [2.75, 3.05) is 13.1 Å². The van der Waals surface area contributed by atoms with Crippen molar-refractivity contribution in [2.24, 2.45) is 0 Å². The van der Waals surface area contributed by atoms with Crippen LogP contribution in [0.15, 0.2) is 0 Å². The van der Waals surface area contributed by atoms with Crippen molar-refractivity contribution < 1.29 is 15.0 Å². The van der Waals surface area contributed by atoms with E-state index in [4.69, 9.17) is 5.11 Å². The van der Waals surface area contributed by atoms with E-state index < -0.39 is 11.6 Å². The summed E-state index contributed by atoms with van der Waals surface area (Å²) in [5, 5.41) is 18.6. The van der Waals surface area contributed by atoms with Gasteiger partial charge in [-0.1, -0.05) is 0 Å². The predicted octanol–water partition coefficient (Wildman–Crippen LogP) is 0.696. The average molecular weight is 201 g/mol. The fourth-order valence-electron chi connectivity index (χ4n) is 1.87. The second-order valence-corrected chi connectivity index (χ2v) is 4.43. The minimum atomic E-state index is -0.832. The standard InChI is InChI=1S/C10H19NO3/c1-8(2)11-6-5-10(14,7-11)4-3-9(12)13/h8,14H,3-7H2,1-2H3,(H,12,13). The number of carbonyl (C=O) groups is 1. The quantitative estimate of drug-likeness (QED) is 0.702. The summed E-state index contributed by atoms with van der Waals surface area (Å²) < 4.78 is 0. The van der Waals surface area contributed by atoms with Crippen molar-refractivity contribution in [3.63, 3.8) is 0 Å². The first-order chi connectivity index (χ1) is 6.43. The molecule has 1 atom stereocenters. The van der Waals surface area contributed by atoms with Gasteiger partial charge in [0.25, 0.3) is 0 Å². The van der Waals surface area contributed by atoms with Crippen LogP contribution in [0.5, 0.6) is 0 Å². The zero-order valence-electron chi connectivity index (χ0n) is 8.86. The highest BCUT2D eigenvalue weighted by atomic mass is 16.4. The van der Waals surface area contributed by atoms with Gasteiger partial charge in [-0.15, -0.1) is 0 Å². The van der Waals surface area contributed by atoms with E-state index in [0.717, 1.165) is 6.54 Å². The summed E-state index contributed by atoms with van der Waals surface area (Å²) in [4.78, 5) is 12.6. The van der Waals surface area contributed by atoms with Gasteiger partial charge in [-0.05, 0) is 26.7 Å². The fourth-order valence-corrected chi connectivity index (χ4v) is 1.87. The van der Waals surface area contributed by atoms with Crippen LogP contribution in [0.2, 0.25) is 0 Å². The molecule has 1 fully saturated rings. The number of carboxylic acids is 1. The molecule has 1 unspecified atom stereocenters. The van der Waals surface area contributed by atoms with Crippen molar-refractivity contribution in [3.8, 4) is 0 Å². The number of likely N-dealkylation sites (tertiary alicyclic amines) is 1. The maximum absolute atomic E-state index is 10.4. The molecule has 0 aromatic carbocycles. The first-order valence-electron chi connectivity index (χ1n) is 5.11. The maximum atomic E-state index is 10.4. The second kappa shape index (κ2) is 4.28. The number of aliphatic hydroxyl groups is 1. The Bertz CT molecular complexity index is 217. The molecule has 0 aromatic heterocycles. The van der Waals surface area contributed by atoms with E-state index in [1.807, 2.05) is 0 Å². The Morgan fingerprint density at radius 3 is 2.64 bits per heavy atom. The third-order valence-corrected chi connectivity index (χ3v) is 2.90. The van der Waals surface area contributed by atoms with E-state index in [2.05, 4.69) is 18.7 Å². The smallest absolute Gasteiger partial charge is 0.303 e. The van der Waals surface area contributed by atoms with Gasteiger partial charge in [0.2, 0.25) is 0 Å². The van der Waals surface area contributed by atoms with E-state index in [1.165, 1.54) is 0 Å². The van der Waals surface area contributed by atoms with Gasteiger partial charge in [0.05, 0.1) is 5.60 Å². The van der Waals surface area contributed by atoms with Crippen molar-refractivity contribution in [1.29, 1.82) is 0 Å². The summed E-state index contributed by atoms with van der Waals surface area (Å²) in [6.45, 7) is 5.65. The average Bonchev–Trinajstić information content (AvgIpc) is 2.46. The highest BCUT2D eigenvalue weighted by molar-refractivity contribution is 5.66. The molecule has 0 aromatic rings. The Labute approximate surface area is 84.5 Å². The second-order valence-electron chi connectivity index (χ2n) is 4.43. The third-order valence-electron chi connectivity index (χ3n) is 2.90. The summed E-state index contributed by atoms with van der Waals surface area (Å²) in [5.74, 6) is -0.832. The molecule has 1 rings (SSSR count). The van der Waals surface area contributed by atoms with Crippen LogP contribution >= 0.6 is 0 Å². The molecule has 2 N–H and O–H groups in total. The van der Waals surface area contributed by atoms with Crippen LogP contribution in [0.3, 0.4) is 0 Å². The molecule has 0 saturated carbocycles. The summed E-state index contributed by atoms with van der Waals surface area (Å²) >= 11 is 0. The highest BCUT2D eigenvalue weighted by Crippen LogP contribution is 2.27. The fraction of sp³-hybridized carbons (Fsp3) is 0.900. The molecule has 1 aliphatic heterocycles. The Balaban J connectivity index is 2.41. The van der Waals surface area contributed by atoms with Gasteiger partial charge < -0.3 is 10.2 Å². The summed E-state index contributed by atoms with van der Waals surface area (Å²) in [6, 6.07) is 0.425. The maximum Gasteiger partial charge on any atom is 0.303 e. The minimum Gasteiger partial charge on any atom is -0.481 e. The van der Waals surface area contributed by atoms with Gasteiger partial charge in [-0.2, -0.15) is 0 Å². The number of hydrogen-bond acceptors (Lipinski definition) is 3. The molecular weight excluding hydrogens is 182 g/mol. The lowest BCUT2D eigenvalue weighted by Crippen LogP contribution is -2.36. The lowest BCUT2D eigenvalue weighted by atomic mass is 9.97. The lowest BCUT2D eigenvalue weighted by Gasteiger charge is -2.24. The normalized spacial score (nSPS) is 28.6. The number of hydrogen-bond donors (Lipinski definition) is 2. The van der Waals surface area contributed by atoms with E-state index in [0.29, 0.717) is 25.4 Å². The molecule has 82 valence electrons. The molecule has 1 saturated heterocycles. The molecule has 4 nitrogen and oxygen atoms in total. The number of nitrogens with zero attached hydrogens (tertiary/aromatic N) is 1. The van der Waals surface area contributed by atoms with E-state index in [9.17, 15) is 9.90 Å². The molecule has 0 spiro atoms. The molecule has 1 heterocycles. The van der Waals surface area contributed by atoms with Gasteiger partial charge in [-0.25, -0.2) is 0 Å². The Hall–Kier alpha value is -0.610. The molecule has 0 aliphatic carbocycles. The van der Waals surface area contributed by atoms with Gasteiger partial charge in [0.1, 0.15) is 0 Å².